The van der Waals surface area contributed by atoms with Crippen LogP contribution in [0, 0.1) is 0 Å². The molecule has 0 saturated heterocycles. The monoisotopic (exact) mass is 371 g/mol. The highest BCUT2D eigenvalue weighted by Gasteiger charge is 2.15. The number of carbonyl (C=O) groups is 3. The zero-order valence-electron chi connectivity index (χ0n) is 15.1. The van der Waals surface area contributed by atoms with E-state index in [1.54, 1.807) is 19.1 Å². The van der Waals surface area contributed by atoms with Gasteiger partial charge in [-0.2, -0.15) is 0 Å². The fourth-order valence-electron chi connectivity index (χ4n) is 2.30. The van der Waals surface area contributed by atoms with E-state index in [1.165, 1.54) is 38.5 Å². The maximum atomic E-state index is 12.4. The molecule has 8 heteroatoms. The van der Waals surface area contributed by atoms with Crippen LogP contribution in [0.25, 0.3) is 0 Å². The smallest absolute Gasteiger partial charge is 0.255 e. The third-order valence-corrected chi connectivity index (χ3v) is 3.74. The SMILES string of the molecule is CCC(=O)Nc1ccc(C(=O)Nc2cc(OC)c(OC)cc2C(=O)[O-])cc1. The summed E-state index contributed by atoms with van der Waals surface area (Å²) >= 11 is 0. The number of carboxylic acids is 1. The molecule has 0 aromatic heterocycles. The Labute approximate surface area is 156 Å². The number of hydrogen-bond donors (Lipinski definition) is 2. The quantitative estimate of drug-likeness (QED) is 0.765. The highest BCUT2D eigenvalue weighted by Crippen LogP contribution is 2.33. The van der Waals surface area contributed by atoms with E-state index in [9.17, 15) is 19.5 Å². The van der Waals surface area contributed by atoms with Crippen LogP contribution in [0.15, 0.2) is 36.4 Å². The van der Waals surface area contributed by atoms with Gasteiger partial charge in [0, 0.05) is 29.3 Å². The second-order valence-corrected chi connectivity index (χ2v) is 5.47. The molecule has 0 aliphatic rings. The van der Waals surface area contributed by atoms with Gasteiger partial charge in [-0.05, 0) is 30.3 Å². The van der Waals surface area contributed by atoms with Crippen LogP contribution in [0.2, 0.25) is 0 Å². The third kappa shape index (κ3) is 4.75. The first-order valence-electron chi connectivity index (χ1n) is 8.08. The molecule has 8 nitrogen and oxygen atoms in total. The molecular formula is C19H19N2O6-. The van der Waals surface area contributed by atoms with Gasteiger partial charge in [-0.15, -0.1) is 0 Å². The molecule has 2 rings (SSSR count). The number of carbonyl (C=O) groups excluding carboxylic acids is 3. The molecule has 2 aromatic rings. The lowest BCUT2D eigenvalue weighted by Crippen LogP contribution is -2.25. The minimum atomic E-state index is -1.47. The summed E-state index contributed by atoms with van der Waals surface area (Å²) in [6.45, 7) is 1.73. The first-order chi connectivity index (χ1) is 12.9. The van der Waals surface area contributed by atoms with Gasteiger partial charge >= 0.3 is 0 Å². The van der Waals surface area contributed by atoms with Crippen LogP contribution in [-0.4, -0.2) is 32.0 Å². The number of nitrogens with one attached hydrogen (secondary N) is 2. The van der Waals surface area contributed by atoms with Crippen molar-refractivity contribution in [1.29, 1.82) is 0 Å². The van der Waals surface area contributed by atoms with Crippen LogP contribution in [0.4, 0.5) is 11.4 Å². The fraction of sp³-hybridized carbons (Fsp3) is 0.211. The molecule has 2 N–H and O–H groups in total. The Kier molecular flexibility index (Phi) is 6.37. The maximum Gasteiger partial charge on any atom is 0.255 e. The van der Waals surface area contributed by atoms with Crippen LogP contribution in [0.1, 0.15) is 34.1 Å². The second kappa shape index (κ2) is 8.70. The summed E-state index contributed by atoms with van der Waals surface area (Å²) in [5, 5.41) is 16.6. The van der Waals surface area contributed by atoms with Gasteiger partial charge in [0.25, 0.3) is 5.91 Å². The molecule has 142 valence electrons. The summed E-state index contributed by atoms with van der Waals surface area (Å²) in [4.78, 5) is 35.2. The van der Waals surface area contributed by atoms with Gasteiger partial charge in [-0.25, -0.2) is 0 Å². The van der Waals surface area contributed by atoms with Crippen LogP contribution < -0.4 is 25.2 Å². The first kappa shape index (κ1) is 19.8. The Balaban J connectivity index is 2.26. The Morgan fingerprint density at radius 3 is 2.07 bits per heavy atom. The van der Waals surface area contributed by atoms with Gasteiger partial charge in [0.1, 0.15) is 0 Å². The van der Waals surface area contributed by atoms with Crippen molar-refractivity contribution in [2.45, 2.75) is 13.3 Å². The Bertz CT molecular complexity index is 861. The number of anilines is 2. The highest BCUT2D eigenvalue weighted by atomic mass is 16.5. The van der Waals surface area contributed by atoms with Crippen molar-refractivity contribution in [1.82, 2.24) is 0 Å². The Morgan fingerprint density at radius 1 is 0.963 bits per heavy atom. The average Bonchev–Trinajstić information content (AvgIpc) is 2.67. The van der Waals surface area contributed by atoms with Crippen molar-refractivity contribution < 1.29 is 29.0 Å². The summed E-state index contributed by atoms with van der Waals surface area (Å²) in [6.07, 6.45) is 0.341. The van der Waals surface area contributed by atoms with Crippen molar-refractivity contribution in [3.8, 4) is 11.5 Å². The molecule has 0 aliphatic carbocycles. The van der Waals surface area contributed by atoms with Crippen LogP contribution in [-0.2, 0) is 4.79 Å². The number of carboxylic acid groups (broad SMARTS) is 1. The van der Waals surface area contributed by atoms with E-state index in [4.69, 9.17) is 9.47 Å². The topological polar surface area (TPSA) is 117 Å². The molecule has 0 heterocycles. The number of amides is 2. The molecule has 0 atom stereocenters. The van der Waals surface area contributed by atoms with Crippen molar-refractivity contribution in [2.75, 3.05) is 24.9 Å². The molecule has 0 saturated carbocycles. The second-order valence-electron chi connectivity index (χ2n) is 5.47. The summed E-state index contributed by atoms with van der Waals surface area (Å²) in [5.41, 5.74) is 0.609. The molecule has 0 spiro atoms. The average molecular weight is 371 g/mol. The molecule has 2 aromatic carbocycles. The van der Waals surface area contributed by atoms with E-state index < -0.39 is 11.9 Å². The predicted molar refractivity (Wildman–Crippen MR) is 97.2 cm³/mol. The van der Waals surface area contributed by atoms with Gasteiger partial charge in [-0.1, -0.05) is 6.92 Å². The molecule has 0 bridgehead atoms. The normalized spacial score (nSPS) is 10.0. The van der Waals surface area contributed by atoms with E-state index in [1.807, 2.05) is 0 Å². The fourth-order valence-corrected chi connectivity index (χ4v) is 2.30. The Morgan fingerprint density at radius 2 is 1.56 bits per heavy atom. The van der Waals surface area contributed by atoms with E-state index in [-0.39, 0.29) is 34.2 Å². The number of aromatic carboxylic acids is 1. The van der Waals surface area contributed by atoms with Crippen molar-refractivity contribution in [3.63, 3.8) is 0 Å². The van der Waals surface area contributed by atoms with Gasteiger partial charge in [0.05, 0.1) is 25.9 Å². The van der Waals surface area contributed by atoms with Crippen molar-refractivity contribution >= 4 is 29.2 Å². The third-order valence-electron chi connectivity index (χ3n) is 3.74. The maximum absolute atomic E-state index is 12.4. The summed E-state index contributed by atoms with van der Waals surface area (Å²) in [6, 6.07) is 8.75. The zero-order chi connectivity index (χ0) is 20.0. The minimum Gasteiger partial charge on any atom is -0.545 e. The van der Waals surface area contributed by atoms with E-state index in [0.29, 0.717) is 12.1 Å². The zero-order valence-corrected chi connectivity index (χ0v) is 15.1. The summed E-state index contributed by atoms with van der Waals surface area (Å²) < 4.78 is 10.2. The lowest BCUT2D eigenvalue weighted by molar-refractivity contribution is -0.254. The molecule has 0 unspecified atom stereocenters. The van der Waals surface area contributed by atoms with E-state index in [2.05, 4.69) is 10.6 Å². The molecule has 0 radical (unpaired) electrons. The van der Waals surface area contributed by atoms with Crippen LogP contribution in [0.3, 0.4) is 0 Å². The van der Waals surface area contributed by atoms with Crippen molar-refractivity contribution in [3.05, 3.63) is 47.5 Å². The van der Waals surface area contributed by atoms with Crippen LogP contribution >= 0.6 is 0 Å². The molecular weight excluding hydrogens is 352 g/mol. The molecule has 27 heavy (non-hydrogen) atoms. The lowest BCUT2D eigenvalue weighted by atomic mass is 10.1. The number of ether oxygens (including phenoxy) is 2. The summed E-state index contributed by atoms with van der Waals surface area (Å²) in [5.74, 6) is -1.68. The van der Waals surface area contributed by atoms with Gasteiger partial charge < -0.3 is 30.0 Å². The molecule has 2 amide bonds. The number of methoxy groups -OCH3 is 2. The highest BCUT2D eigenvalue weighted by molar-refractivity contribution is 6.08. The molecule has 0 aliphatic heterocycles. The predicted octanol–water partition coefficient (Wildman–Crippen LogP) is 1.67. The lowest BCUT2D eigenvalue weighted by Gasteiger charge is -2.16. The van der Waals surface area contributed by atoms with Gasteiger partial charge in [0.15, 0.2) is 11.5 Å². The molecule has 0 fully saturated rings. The van der Waals surface area contributed by atoms with Gasteiger partial charge in [-0.3, -0.25) is 9.59 Å². The van der Waals surface area contributed by atoms with Crippen LogP contribution in [0.5, 0.6) is 11.5 Å². The first-order valence-corrected chi connectivity index (χ1v) is 8.08. The van der Waals surface area contributed by atoms with Gasteiger partial charge in [0.2, 0.25) is 5.91 Å². The Hall–Kier alpha value is -3.55. The minimum absolute atomic E-state index is 0.0148. The number of hydrogen-bond acceptors (Lipinski definition) is 6. The standard InChI is InChI=1S/C19H20N2O6/c1-4-17(22)20-12-7-5-11(6-8-12)18(23)21-14-10-16(27-3)15(26-2)9-13(14)19(24)25/h5-10H,4H2,1-3H3,(H,20,22)(H,21,23)(H,24,25)/p-1. The van der Waals surface area contributed by atoms with E-state index >= 15 is 0 Å². The number of benzene rings is 2. The van der Waals surface area contributed by atoms with E-state index in [0.717, 1.165) is 0 Å². The van der Waals surface area contributed by atoms with Crippen molar-refractivity contribution in [2.24, 2.45) is 0 Å². The summed E-state index contributed by atoms with van der Waals surface area (Å²) in [7, 11) is 2.76. The number of rotatable bonds is 7. The largest absolute Gasteiger partial charge is 0.545 e.